The fourth-order valence-electron chi connectivity index (χ4n) is 13.9. The van der Waals surface area contributed by atoms with Gasteiger partial charge in [-0.3, -0.25) is 14.4 Å². The Hall–Kier alpha value is -9.81. The van der Waals surface area contributed by atoms with Crippen LogP contribution in [0.1, 0.15) is 127 Å². The molecule has 2 aliphatic carbocycles. The summed E-state index contributed by atoms with van der Waals surface area (Å²) in [5.41, 5.74) is 4.15. The van der Waals surface area contributed by atoms with Crippen LogP contribution in [0.4, 0.5) is 30.6 Å². The van der Waals surface area contributed by atoms with E-state index < -0.39 is 93.7 Å². The number of pyridine rings is 2. The highest BCUT2D eigenvalue weighted by Gasteiger charge is 2.53. The summed E-state index contributed by atoms with van der Waals surface area (Å²) in [4.78, 5) is 89.9. The number of methoxy groups -OCH3 is 3. The number of benzene rings is 4. The number of halogens is 2. The Bertz CT molecular complexity index is 4600. The van der Waals surface area contributed by atoms with E-state index in [1.54, 1.807) is 29.9 Å². The summed E-state index contributed by atoms with van der Waals surface area (Å²) >= 11 is 0. The molecule has 4 aromatic carbocycles. The van der Waals surface area contributed by atoms with Crippen LogP contribution in [0.5, 0.6) is 28.7 Å². The lowest BCUT2D eigenvalue weighted by Crippen LogP contribution is -2.65. The molecule has 4 aliphatic heterocycles. The minimum absolute atomic E-state index is 0.0183. The largest absolute Gasteiger partial charge is 0.508 e. The maximum Gasteiger partial charge on any atom is 0.404 e. The van der Waals surface area contributed by atoms with Crippen molar-refractivity contribution in [2.75, 3.05) is 75.7 Å². The monoisotopic (exact) mass is 1390 g/mol. The average molecular weight is 1390 g/mol. The lowest BCUT2D eigenvalue weighted by molar-refractivity contribution is -0.304. The van der Waals surface area contributed by atoms with Crippen LogP contribution in [-0.2, 0) is 20.6 Å². The zero-order valence-electron chi connectivity index (χ0n) is 56.7. The highest BCUT2D eigenvalue weighted by Crippen LogP contribution is 2.47. The number of rotatable bonds is 16. The first-order chi connectivity index (χ1) is 47.5. The van der Waals surface area contributed by atoms with Crippen molar-refractivity contribution in [3.8, 4) is 28.7 Å². The number of hydrogen-bond acceptors (Lipinski definition) is 21. The number of amides is 2. The number of phenols is 1. The van der Waals surface area contributed by atoms with E-state index in [1.165, 1.54) is 70.1 Å². The fourth-order valence-corrected chi connectivity index (χ4v) is 13.9. The Morgan fingerprint density at radius 2 is 1.39 bits per heavy atom. The van der Waals surface area contributed by atoms with Gasteiger partial charge in [-0.25, -0.2) is 28.0 Å². The predicted molar refractivity (Wildman–Crippen MR) is 365 cm³/mol. The second-order valence-electron chi connectivity index (χ2n) is 26.8. The van der Waals surface area contributed by atoms with Crippen molar-refractivity contribution < 1.29 is 86.3 Å². The first kappa shape index (κ1) is 71.5. The number of anilines is 3. The minimum atomic E-state index is -1.52. The van der Waals surface area contributed by atoms with Gasteiger partial charge in [-0.2, -0.15) is 0 Å². The number of piperidine rings is 1. The van der Waals surface area contributed by atoms with Crippen molar-refractivity contribution in [1.29, 1.82) is 0 Å². The van der Waals surface area contributed by atoms with E-state index in [9.17, 15) is 59.1 Å². The van der Waals surface area contributed by atoms with Crippen molar-refractivity contribution in [2.45, 2.75) is 141 Å². The van der Waals surface area contributed by atoms with E-state index in [1.807, 2.05) is 36.6 Å². The predicted octanol–water partition coefficient (Wildman–Crippen LogP) is 7.98. The maximum absolute atomic E-state index is 15.3. The summed E-state index contributed by atoms with van der Waals surface area (Å²) in [6.07, 6.45) is 4.74. The van der Waals surface area contributed by atoms with Crippen LogP contribution in [-0.4, -0.2) is 161 Å². The van der Waals surface area contributed by atoms with Gasteiger partial charge in [0.1, 0.15) is 45.7 Å². The van der Waals surface area contributed by atoms with E-state index in [0.717, 1.165) is 69.8 Å². The smallest absolute Gasteiger partial charge is 0.404 e. The van der Waals surface area contributed by atoms with Crippen molar-refractivity contribution in [3.63, 3.8) is 0 Å². The third kappa shape index (κ3) is 14.2. The van der Waals surface area contributed by atoms with E-state index in [4.69, 9.17) is 38.6 Å². The molecule has 3 aromatic heterocycles. The molecule has 0 radical (unpaired) electrons. The topological polar surface area (TPSA) is 368 Å². The molecule has 4 saturated heterocycles. The number of nitrogens with zero attached hydrogens (tertiary/aromatic N) is 4. The van der Waals surface area contributed by atoms with E-state index in [-0.39, 0.29) is 73.6 Å². The Balaban J connectivity index is 0.000000157. The number of piperazine rings is 1. The van der Waals surface area contributed by atoms with Crippen LogP contribution in [0.25, 0.3) is 32.8 Å². The molecule has 29 heteroatoms. The second kappa shape index (κ2) is 28.8. The molecular formula is C71H82F2N8O19. The Morgan fingerprint density at radius 1 is 0.790 bits per heavy atom. The van der Waals surface area contributed by atoms with Crippen LogP contribution < -0.4 is 62.2 Å². The van der Waals surface area contributed by atoms with E-state index >= 15 is 8.78 Å². The molecule has 13 rings (SSSR count). The number of carbonyl (C=O) groups excluding carboxylic acids is 2. The van der Waals surface area contributed by atoms with Gasteiger partial charge in [0.15, 0.2) is 46.8 Å². The number of carbonyl (C=O) groups is 4. The molecule has 2 saturated carbocycles. The summed E-state index contributed by atoms with van der Waals surface area (Å²) in [6, 6.07) is 10.2. The number of aryl methyl sites for hydroxylation is 1. The summed E-state index contributed by atoms with van der Waals surface area (Å²) < 4.78 is 73.1. The molecule has 7 atom stereocenters. The van der Waals surface area contributed by atoms with Gasteiger partial charge in [-0.1, -0.05) is 11.6 Å². The minimum Gasteiger partial charge on any atom is -0.508 e. The second-order valence-corrected chi connectivity index (χ2v) is 26.8. The standard InChI is InChI=1S/C31H36N2O11.C21H24FN3O4.C19H22FN3O4/c1-14(2)7-8-16-13-17(9-11-19(16)34)27(37)33-21-22(35)18-10-12-20(15(3)24(18)42-28(21)38)41-29-23(36)25(43-30(32)39)26(40-6)31(4,5)44-29;1-29-20-17-13(19(26)14(21(27)28)9-25(17)12-4-5-12)7-15(22)18(20)24-8-11-3-2-6-23-16(11)10-24;1-10-8-22(6-5-21-10)16-14(20)7-12-15(18(16)27-2)23(11-3-4-11)9-13(17(12)24)19(25)26/h7,9-13,23,25-26,29,34-36H,8H2,1-6H3,(H2,32,39)(H,33,37);7,9,11-12,16,23H,2-6,8,10H2,1H3,(H,27,28);7,9-11,21H,3-6,8H2,1-2H3,(H,25,26)/t23-,25+,26-,29-;11-,16+;/m10./s1. The first-order valence-corrected chi connectivity index (χ1v) is 33.0. The molecule has 0 spiro atoms. The molecule has 6 fully saturated rings. The number of nitrogens with one attached hydrogen (secondary N) is 3. The van der Waals surface area contributed by atoms with E-state index in [0.29, 0.717) is 77.5 Å². The third-order valence-corrected chi connectivity index (χ3v) is 19.1. The molecule has 2 amide bonds. The van der Waals surface area contributed by atoms with Gasteiger partial charge in [-0.15, -0.1) is 0 Å². The number of hydrogen-bond donors (Lipinski definition) is 9. The molecule has 27 nitrogen and oxygen atoms in total. The number of carboxylic acid groups (broad SMARTS) is 2. The zero-order chi connectivity index (χ0) is 72.1. The molecule has 6 aliphatic rings. The van der Waals surface area contributed by atoms with E-state index in [2.05, 4.69) is 16.0 Å². The van der Waals surface area contributed by atoms with Crippen LogP contribution in [0, 0.1) is 24.5 Å². The Morgan fingerprint density at radius 3 is 1.92 bits per heavy atom. The molecule has 1 unspecified atom stereocenters. The van der Waals surface area contributed by atoms with Crippen molar-refractivity contribution in [3.05, 3.63) is 137 Å². The lowest BCUT2D eigenvalue weighted by atomic mass is 9.89. The van der Waals surface area contributed by atoms with Crippen LogP contribution in [0.2, 0.25) is 0 Å². The van der Waals surface area contributed by atoms with Crippen LogP contribution >= 0.6 is 0 Å². The van der Waals surface area contributed by atoms with Gasteiger partial charge >= 0.3 is 23.7 Å². The number of phenolic OH excluding ortho intramolecular Hbond substituents is 1. The number of aromatic nitrogens is 2. The quantitative estimate of drug-likeness (QED) is 0.0327. The molecule has 0 bridgehead atoms. The van der Waals surface area contributed by atoms with Gasteiger partial charge in [0.25, 0.3) is 5.91 Å². The number of allylic oxidation sites excluding steroid dienone is 2. The van der Waals surface area contributed by atoms with Crippen LogP contribution in [0.15, 0.2) is 85.3 Å². The molecular weight excluding hydrogens is 1310 g/mol. The third-order valence-electron chi connectivity index (χ3n) is 19.1. The normalized spacial score (nSPS) is 21.6. The Kier molecular flexibility index (Phi) is 20.6. The number of aliphatic hydroxyl groups is 1. The molecule has 100 heavy (non-hydrogen) atoms. The summed E-state index contributed by atoms with van der Waals surface area (Å²) in [5.74, 6) is -3.75. The number of carboxylic acids is 2. The number of aliphatic hydroxyl groups excluding tert-OH is 1. The van der Waals surface area contributed by atoms with Gasteiger partial charge in [-0.05, 0) is 147 Å². The molecule has 10 N–H and O–H groups in total. The Labute approximate surface area is 571 Å². The number of aromatic hydroxyl groups is 2. The van der Waals surface area contributed by atoms with Crippen molar-refractivity contribution in [2.24, 2.45) is 11.7 Å². The number of nitrogens with two attached hydrogens (primary N) is 1. The number of aromatic carboxylic acids is 2. The number of fused-ring (bicyclic) bond motifs is 4. The van der Waals surface area contributed by atoms with Gasteiger partial charge in [0.05, 0.1) is 47.0 Å². The number of ether oxygens (including phenoxy) is 6. The van der Waals surface area contributed by atoms with Crippen molar-refractivity contribution in [1.82, 2.24) is 19.8 Å². The summed E-state index contributed by atoms with van der Waals surface area (Å²) in [5, 5.41) is 60.3. The van der Waals surface area contributed by atoms with Crippen LogP contribution in [0.3, 0.4) is 0 Å². The molecule has 534 valence electrons. The first-order valence-electron chi connectivity index (χ1n) is 33.0. The van der Waals surface area contributed by atoms with Crippen molar-refractivity contribution >= 4 is 73.8 Å². The zero-order valence-corrected chi connectivity index (χ0v) is 56.7. The highest BCUT2D eigenvalue weighted by molar-refractivity contribution is 6.07. The fraction of sp³-hybridized carbons (Fsp3) is 0.451. The van der Waals surface area contributed by atoms with Gasteiger partial charge in [0.2, 0.25) is 17.1 Å². The van der Waals surface area contributed by atoms with Gasteiger partial charge in [0, 0.05) is 87.5 Å². The molecule has 7 aromatic rings. The summed E-state index contributed by atoms with van der Waals surface area (Å²) in [7, 11) is 4.30. The average Bonchev–Trinajstić information content (AvgIpc) is 1.33. The SMILES string of the molecule is CO[C@@H]1[C@@H](OC(N)=O)[C@@H](O)[C@H](Oc2ccc3c(O)c(NC(=O)c4ccc(O)c(CC=C(C)C)c4)c(=O)oc3c2C)OC1(C)C.COc1c(N2CCNC(C)C2)c(F)cc2c(=O)c(C(=O)O)cn(C3CC3)c12.COc1c(N2C[C@@H]3CCCN[C@@H]3C2)c(F)cc2c(=O)c(C(=O)O)cn(C3CC3)c12. The number of primary amides is 1. The summed E-state index contributed by atoms with van der Waals surface area (Å²) in [6.45, 7) is 15.1. The highest BCUT2D eigenvalue weighted by atomic mass is 19.1. The lowest BCUT2D eigenvalue weighted by Gasteiger charge is -2.47. The maximum atomic E-state index is 15.3. The van der Waals surface area contributed by atoms with Gasteiger partial charge < -0.3 is 99.0 Å². The molecule has 7 heterocycles.